The summed E-state index contributed by atoms with van der Waals surface area (Å²) < 4.78 is 0. The molecule has 2 aromatic carbocycles. The molecule has 3 fully saturated rings. The molecule has 124 valence electrons. The SMILES string of the molecule is O=C1CC2CCC1C(c1ccc(O)cc1)N2Cc1ccc(Cl)cc1. The highest BCUT2D eigenvalue weighted by atomic mass is 35.5. The smallest absolute Gasteiger partial charge is 0.139 e. The lowest BCUT2D eigenvalue weighted by atomic mass is 9.71. The van der Waals surface area contributed by atoms with E-state index in [0.29, 0.717) is 18.2 Å². The minimum atomic E-state index is 0.0619. The summed E-state index contributed by atoms with van der Waals surface area (Å²) in [5.74, 6) is 0.707. The number of ketones is 1. The third kappa shape index (κ3) is 2.83. The summed E-state index contributed by atoms with van der Waals surface area (Å²) in [5.41, 5.74) is 2.33. The van der Waals surface area contributed by atoms with Gasteiger partial charge in [-0.05, 0) is 48.2 Å². The van der Waals surface area contributed by atoms with E-state index in [1.165, 1.54) is 5.56 Å². The Bertz CT molecular complexity index is 741. The van der Waals surface area contributed by atoms with Crippen LogP contribution in [0.5, 0.6) is 5.75 Å². The quantitative estimate of drug-likeness (QED) is 0.902. The fourth-order valence-corrected chi connectivity index (χ4v) is 4.34. The first-order chi connectivity index (χ1) is 11.6. The van der Waals surface area contributed by atoms with Crippen molar-refractivity contribution in [2.45, 2.75) is 37.9 Å². The molecule has 3 aliphatic rings. The molecule has 1 N–H and O–H groups in total. The Balaban J connectivity index is 1.67. The second kappa shape index (κ2) is 6.23. The van der Waals surface area contributed by atoms with Crippen LogP contribution >= 0.6 is 11.6 Å². The number of aromatic hydroxyl groups is 1. The highest BCUT2D eigenvalue weighted by molar-refractivity contribution is 6.30. The lowest BCUT2D eigenvalue weighted by Gasteiger charge is -2.50. The lowest BCUT2D eigenvalue weighted by Crippen LogP contribution is -2.53. The number of Topliss-reactive ketones (excluding diaryl/α,β-unsaturated/α-hetero) is 1. The molecule has 3 unspecified atom stereocenters. The van der Waals surface area contributed by atoms with Gasteiger partial charge in [-0.2, -0.15) is 0 Å². The van der Waals surface area contributed by atoms with E-state index in [1.54, 1.807) is 12.1 Å². The monoisotopic (exact) mass is 341 g/mol. The first-order valence-electron chi connectivity index (χ1n) is 8.43. The summed E-state index contributed by atoms with van der Waals surface area (Å²) in [7, 11) is 0. The number of carbonyl (C=O) groups is 1. The van der Waals surface area contributed by atoms with Gasteiger partial charge < -0.3 is 5.11 Å². The number of halogens is 1. The first kappa shape index (κ1) is 15.7. The van der Waals surface area contributed by atoms with Crippen molar-refractivity contribution in [3.05, 3.63) is 64.7 Å². The molecule has 24 heavy (non-hydrogen) atoms. The maximum Gasteiger partial charge on any atom is 0.139 e. The summed E-state index contributed by atoms with van der Waals surface area (Å²) in [6.45, 7) is 0.817. The number of piperidine rings is 2. The Kier molecular flexibility index (Phi) is 4.07. The Morgan fingerprint density at radius 2 is 1.75 bits per heavy atom. The van der Waals surface area contributed by atoms with Crippen LogP contribution in [0.1, 0.15) is 36.4 Å². The predicted octanol–water partition coefficient (Wildman–Crippen LogP) is 4.34. The van der Waals surface area contributed by atoms with E-state index < -0.39 is 0 Å². The van der Waals surface area contributed by atoms with Crippen LogP contribution in [0.2, 0.25) is 5.02 Å². The molecule has 1 saturated carbocycles. The zero-order valence-electron chi connectivity index (χ0n) is 13.4. The van der Waals surface area contributed by atoms with Gasteiger partial charge in [-0.1, -0.05) is 35.9 Å². The Hall–Kier alpha value is -1.84. The number of rotatable bonds is 3. The minimum Gasteiger partial charge on any atom is -0.508 e. The van der Waals surface area contributed by atoms with Crippen LogP contribution < -0.4 is 0 Å². The number of hydrogen-bond donors (Lipinski definition) is 1. The van der Waals surface area contributed by atoms with E-state index in [2.05, 4.69) is 17.0 Å². The number of phenols is 1. The van der Waals surface area contributed by atoms with Crippen LogP contribution in [0.15, 0.2) is 48.5 Å². The highest BCUT2D eigenvalue weighted by Crippen LogP contribution is 2.46. The van der Waals surface area contributed by atoms with E-state index in [0.717, 1.165) is 30.0 Å². The van der Waals surface area contributed by atoms with Crippen molar-refractivity contribution in [1.29, 1.82) is 0 Å². The topological polar surface area (TPSA) is 40.5 Å². The molecule has 3 atom stereocenters. The molecule has 5 rings (SSSR count). The van der Waals surface area contributed by atoms with E-state index in [9.17, 15) is 9.90 Å². The summed E-state index contributed by atoms with van der Waals surface area (Å²) in [6.07, 6.45) is 2.71. The summed E-state index contributed by atoms with van der Waals surface area (Å²) in [6, 6.07) is 15.7. The van der Waals surface area contributed by atoms with Crippen molar-refractivity contribution >= 4 is 17.4 Å². The molecule has 2 bridgehead atoms. The Morgan fingerprint density at radius 1 is 1.04 bits per heavy atom. The second-order valence-corrected chi connectivity index (χ2v) is 7.28. The molecule has 0 aromatic heterocycles. The molecule has 0 spiro atoms. The van der Waals surface area contributed by atoms with Crippen molar-refractivity contribution in [1.82, 2.24) is 4.90 Å². The van der Waals surface area contributed by atoms with Crippen molar-refractivity contribution in [3.63, 3.8) is 0 Å². The van der Waals surface area contributed by atoms with Gasteiger partial charge >= 0.3 is 0 Å². The molecule has 4 heteroatoms. The van der Waals surface area contributed by atoms with E-state index in [1.807, 2.05) is 24.3 Å². The molecule has 3 nitrogen and oxygen atoms in total. The van der Waals surface area contributed by atoms with Crippen molar-refractivity contribution in [2.24, 2.45) is 5.92 Å². The molecule has 0 radical (unpaired) electrons. The Labute approximate surface area is 146 Å². The molecule has 0 amide bonds. The van der Waals surface area contributed by atoms with Crippen LogP contribution in [-0.2, 0) is 11.3 Å². The van der Waals surface area contributed by atoms with Crippen LogP contribution in [0.3, 0.4) is 0 Å². The van der Waals surface area contributed by atoms with Crippen LogP contribution in [0.25, 0.3) is 0 Å². The van der Waals surface area contributed by atoms with Crippen molar-refractivity contribution < 1.29 is 9.90 Å². The second-order valence-electron chi connectivity index (χ2n) is 6.84. The number of carbonyl (C=O) groups excluding carboxylic acids is 1. The summed E-state index contributed by atoms with van der Waals surface area (Å²) >= 11 is 5.99. The average molecular weight is 342 g/mol. The Morgan fingerprint density at radius 3 is 2.42 bits per heavy atom. The van der Waals surface area contributed by atoms with Gasteiger partial charge in [0, 0.05) is 36.0 Å². The predicted molar refractivity (Wildman–Crippen MR) is 94.0 cm³/mol. The normalized spacial score (nSPS) is 26.7. The maximum atomic E-state index is 12.5. The zero-order chi connectivity index (χ0) is 16.7. The van der Waals surface area contributed by atoms with E-state index in [4.69, 9.17) is 11.6 Å². The number of hydrogen-bond acceptors (Lipinski definition) is 3. The third-order valence-electron chi connectivity index (χ3n) is 5.38. The summed E-state index contributed by atoms with van der Waals surface area (Å²) in [5, 5.41) is 10.3. The van der Waals surface area contributed by atoms with Gasteiger partial charge in [0.05, 0.1) is 0 Å². The van der Waals surface area contributed by atoms with Gasteiger partial charge in [0.2, 0.25) is 0 Å². The number of benzene rings is 2. The maximum absolute atomic E-state index is 12.5. The lowest BCUT2D eigenvalue weighted by molar-refractivity contribution is -0.138. The molecule has 1 aliphatic carbocycles. The summed E-state index contributed by atoms with van der Waals surface area (Å²) in [4.78, 5) is 14.9. The standard InChI is InChI=1S/C20H20ClNO2/c21-15-5-1-13(2-6-15)12-22-16-7-10-18(19(24)11-16)20(22)14-3-8-17(23)9-4-14/h1-6,8-9,16,18,20,23H,7,10-12H2. The highest BCUT2D eigenvalue weighted by Gasteiger charge is 2.46. The number of nitrogens with zero attached hydrogens (tertiary/aromatic N) is 1. The average Bonchev–Trinajstić information content (AvgIpc) is 2.59. The van der Waals surface area contributed by atoms with Gasteiger partial charge in [-0.25, -0.2) is 0 Å². The largest absolute Gasteiger partial charge is 0.508 e. The van der Waals surface area contributed by atoms with E-state index >= 15 is 0 Å². The molecule has 2 aliphatic heterocycles. The fourth-order valence-electron chi connectivity index (χ4n) is 4.22. The number of phenolic OH excluding ortho intramolecular Hbond substituents is 1. The van der Waals surface area contributed by atoms with E-state index in [-0.39, 0.29) is 17.7 Å². The molecular formula is C20H20ClNO2. The van der Waals surface area contributed by atoms with Crippen LogP contribution in [-0.4, -0.2) is 21.8 Å². The van der Waals surface area contributed by atoms with Gasteiger partial charge in [-0.15, -0.1) is 0 Å². The van der Waals surface area contributed by atoms with Gasteiger partial charge in [-0.3, -0.25) is 9.69 Å². The molecular weight excluding hydrogens is 322 g/mol. The van der Waals surface area contributed by atoms with Crippen molar-refractivity contribution in [2.75, 3.05) is 0 Å². The zero-order valence-corrected chi connectivity index (χ0v) is 14.1. The third-order valence-corrected chi connectivity index (χ3v) is 5.63. The van der Waals surface area contributed by atoms with Crippen LogP contribution in [0.4, 0.5) is 0 Å². The number of fused-ring (bicyclic) bond motifs is 3. The first-order valence-corrected chi connectivity index (χ1v) is 8.81. The molecule has 2 saturated heterocycles. The molecule has 2 heterocycles. The molecule has 2 aromatic rings. The minimum absolute atomic E-state index is 0.0619. The van der Waals surface area contributed by atoms with Gasteiger partial charge in [0.1, 0.15) is 11.5 Å². The van der Waals surface area contributed by atoms with Gasteiger partial charge in [0.15, 0.2) is 0 Å². The van der Waals surface area contributed by atoms with Crippen molar-refractivity contribution in [3.8, 4) is 5.75 Å². The van der Waals surface area contributed by atoms with Gasteiger partial charge in [0.25, 0.3) is 0 Å². The van der Waals surface area contributed by atoms with Crippen LogP contribution in [0, 0.1) is 5.92 Å². The fraction of sp³-hybridized carbons (Fsp3) is 0.350.